The van der Waals surface area contributed by atoms with Gasteiger partial charge in [0.25, 0.3) is 0 Å². The molecule has 0 spiro atoms. The second kappa shape index (κ2) is 7.18. The largest absolute Gasteiger partial charge is 0.392 e. The molecular formula is C22H22Cl2N2O2. The van der Waals surface area contributed by atoms with Gasteiger partial charge in [0.2, 0.25) is 0 Å². The summed E-state index contributed by atoms with van der Waals surface area (Å²) in [5, 5.41) is 14.1. The molecule has 0 bridgehead atoms. The molecule has 1 aliphatic carbocycles. The van der Waals surface area contributed by atoms with E-state index in [1.54, 1.807) is 12.1 Å². The second-order valence-corrected chi connectivity index (χ2v) is 9.21. The van der Waals surface area contributed by atoms with E-state index in [1.165, 1.54) is 0 Å². The Morgan fingerprint density at radius 1 is 1.21 bits per heavy atom. The first kappa shape index (κ1) is 19.4. The third-order valence-corrected chi connectivity index (χ3v) is 6.05. The van der Waals surface area contributed by atoms with Crippen molar-refractivity contribution in [1.82, 2.24) is 0 Å². The van der Waals surface area contributed by atoms with Crippen LogP contribution >= 0.6 is 23.2 Å². The van der Waals surface area contributed by atoms with Crippen LogP contribution in [0.5, 0.6) is 0 Å². The van der Waals surface area contributed by atoms with Crippen LogP contribution in [0.1, 0.15) is 37.8 Å². The quantitative estimate of drug-likeness (QED) is 0.687. The number of rotatable bonds is 2. The van der Waals surface area contributed by atoms with Gasteiger partial charge in [-0.15, -0.1) is 0 Å². The van der Waals surface area contributed by atoms with Crippen LogP contribution < -0.4 is 5.32 Å². The zero-order chi connectivity index (χ0) is 20.1. The molecule has 0 aromatic heterocycles. The van der Waals surface area contributed by atoms with Gasteiger partial charge in [0.1, 0.15) is 5.78 Å². The highest BCUT2D eigenvalue weighted by atomic mass is 35.5. The first-order valence-corrected chi connectivity index (χ1v) is 10.1. The summed E-state index contributed by atoms with van der Waals surface area (Å²) in [5.74, 6) is -0.231. The number of aliphatic hydroxyl groups is 1. The number of Topliss-reactive ketones (excluding diaryl/α,β-unsaturated/α-hetero) is 1. The Morgan fingerprint density at radius 3 is 2.71 bits per heavy atom. The third kappa shape index (κ3) is 3.57. The summed E-state index contributed by atoms with van der Waals surface area (Å²) in [7, 11) is 0. The Bertz CT molecular complexity index is 984. The molecule has 1 aliphatic heterocycles. The third-order valence-electron chi connectivity index (χ3n) is 5.50. The summed E-state index contributed by atoms with van der Waals surface area (Å²) in [5.41, 5.74) is 3.62. The van der Waals surface area contributed by atoms with Crippen LogP contribution in [-0.4, -0.2) is 22.6 Å². The van der Waals surface area contributed by atoms with E-state index in [4.69, 9.17) is 28.2 Å². The molecule has 2 atom stereocenters. The normalized spacial score (nSPS) is 23.2. The minimum Gasteiger partial charge on any atom is -0.392 e. The van der Waals surface area contributed by atoms with Gasteiger partial charge in [-0.25, -0.2) is 4.99 Å². The van der Waals surface area contributed by atoms with Crippen molar-refractivity contribution >= 4 is 46.1 Å². The van der Waals surface area contributed by atoms with Crippen molar-refractivity contribution in [3.05, 3.63) is 57.6 Å². The zero-order valence-corrected chi connectivity index (χ0v) is 17.3. The average molecular weight is 417 g/mol. The van der Waals surface area contributed by atoms with Gasteiger partial charge in [-0.05, 0) is 41.7 Å². The Morgan fingerprint density at radius 2 is 2.00 bits per heavy atom. The van der Waals surface area contributed by atoms with Gasteiger partial charge in [0.05, 0.1) is 34.6 Å². The van der Waals surface area contributed by atoms with Crippen molar-refractivity contribution < 1.29 is 9.90 Å². The van der Waals surface area contributed by atoms with E-state index in [2.05, 4.69) is 19.2 Å². The molecule has 4 rings (SSSR count). The maximum Gasteiger partial charge on any atom is 0.144 e. The fourth-order valence-electron chi connectivity index (χ4n) is 4.28. The lowest BCUT2D eigenvalue weighted by Crippen LogP contribution is -2.48. The van der Waals surface area contributed by atoms with E-state index in [-0.39, 0.29) is 23.8 Å². The van der Waals surface area contributed by atoms with Crippen LogP contribution in [-0.2, 0) is 11.4 Å². The maximum atomic E-state index is 13.2. The van der Waals surface area contributed by atoms with Crippen molar-refractivity contribution in [1.29, 1.82) is 0 Å². The van der Waals surface area contributed by atoms with E-state index >= 15 is 0 Å². The van der Waals surface area contributed by atoms with Crippen molar-refractivity contribution in [2.24, 2.45) is 16.3 Å². The summed E-state index contributed by atoms with van der Waals surface area (Å²) in [6.07, 6.45) is 1.34. The number of halogens is 2. The average Bonchev–Trinajstić information content (AvgIpc) is 2.76. The molecule has 2 N–H and O–H groups in total. The van der Waals surface area contributed by atoms with E-state index in [0.29, 0.717) is 27.9 Å². The number of carbonyl (C=O) groups is 1. The van der Waals surface area contributed by atoms with E-state index in [0.717, 1.165) is 23.2 Å². The topological polar surface area (TPSA) is 61.7 Å². The van der Waals surface area contributed by atoms with Crippen LogP contribution in [0.3, 0.4) is 0 Å². The Hall–Kier alpha value is -1.88. The van der Waals surface area contributed by atoms with Gasteiger partial charge in [-0.3, -0.25) is 4.79 Å². The van der Waals surface area contributed by atoms with Crippen LogP contribution in [0.15, 0.2) is 41.4 Å². The maximum absolute atomic E-state index is 13.2. The number of carbonyl (C=O) groups excluding carboxylic acids is 1. The molecule has 1 heterocycles. The van der Waals surface area contributed by atoms with Gasteiger partial charge in [0, 0.05) is 23.0 Å². The summed E-state index contributed by atoms with van der Waals surface area (Å²) in [4.78, 5) is 18.1. The van der Waals surface area contributed by atoms with Gasteiger partial charge < -0.3 is 10.4 Å². The van der Waals surface area contributed by atoms with Gasteiger partial charge >= 0.3 is 0 Å². The highest BCUT2D eigenvalue weighted by Crippen LogP contribution is 2.43. The smallest absolute Gasteiger partial charge is 0.144 e. The van der Waals surface area contributed by atoms with E-state index in [1.807, 2.05) is 24.3 Å². The molecule has 4 nitrogen and oxygen atoms in total. The standard InChI is InChI=1S/C22H22Cl2N2O2/c1-22(2)9-18-20(19(28)10-22)21(14-5-4-13(23)8-15(14)24)26-17-7-12(11-27)3-6-16(17)25-18/h3-8,18,20,25,27H,9-11H2,1-2H3. The molecule has 6 heteroatoms. The van der Waals surface area contributed by atoms with E-state index in [9.17, 15) is 9.90 Å². The first-order chi connectivity index (χ1) is 13.3. The highest BCUT2D eigenvalue weighted by molar-refractivity contribution is 6.37. The number of ketones is 1. The highest BCUT2D eigenvalue weighted by Gasteiger charge is 2.45. The van der Waals surface area contributed by atoms with Crippen molar-refractivity contribution in [3.63, 3.8) is 0 Å². The monoisotopic (exact) mass is 416 g/mol. The Labute approximate surface area is 174 Å². The lowest BCUT2D eigenvalue weighted by atomic mass is 9.67. The molecule has 28 heavy (non-hydrogen) atoms. The lowest BCUT2D eigenvalue weighted by molar-refractivity contribution is -0.125. The number of aliphatic imine (C=N–C) groups is 1. The zero-order valence-electron chi connectivity index (χ0n) is 15.8. The molecule has 1 saturated carbocycles. The fourth-order valence-corrected chi connectivity index (χ4v) is 4.79. The van der Waals surface area contributed by atoms with Gasteiger partial charge in [-0.1, -0.05) is 49.2 Å². The number of anilines is 1. The predicted octanol–water partition coefficient (Wildman–Crippen LogP) is 5.41. The first-order valence-electron chi connectivity index (χ1n) is 9.34. The van der Waals surface area contributed by atoms with Crippen LogP contribution in [0.4, 0.5) is 11.4 Å². The summed E-state index contributed by atoms with van der Waals surface area (Å²) >= 11 is 12.6. The molecule has 2 aromatic rings. The number of fused-ring (bicyclic) bond motifs is 2. The summed E-state index contributed by atoms with van der Waals surface area (Å²) < 4.78 is 0. The molecule has 2 unspecified atom stereocenters. The second-order valence-electron chi connectivity index (χ2n) is 8.37. The van der Waals surface area contributed by atoms with Crippen molar-refractivity contribution in [3.8, 4) is 0 Å². The Balaban J connectivity index is 1.92. The number of benzene rings is 2. The Kier molecular flexibility index (Phi) is 4.98. The minimum atomic E-state index is -0.392. The lowest BCUT2D eigenvalue weighted by Gasteiger charge is -2.40. The summed E-state index contributed by atoms with van der Waals surface area (Å²) in [6, 6.07) is 10.8. The molecule has 146 valence electrons. The predicted molar refractivity (Wildman–Crippen MR) is 114 cm³/mol. The molecular weight excluding hydrogens is 395 g/mol. The van der Waals surface area contributed by atoms with Crippen LogP contribution in [0.25, 0.3) is 0 Å². The molecule has 1 fully saturated rings. The van der Waals surface area contributed by atoms with Crippen molar-refractivity contribution in [2.45, 2.75) is 39.3 Å². The number of nitrogens with one attached hydrogen (secondary N) is 1. The number of nitrogens with zero attached hydrogens (tertiary/aromatic N) is 1. The number of hydrogen-bond donors (Lipinski definition) is 2. The SMILES string of the molecule is CC1(C)CC(=O)C2C(c3ccc(Cl)cc3Cl)=Nc3cc(CO)ccc3NC2C1. The number of hydrogen-bond acceptors (Lipinski definition) is 4. The molecule has 0 saturated heterocycles. The van der Waals surface area contributed by atoms with Gasteiger partial charge in [-0.2, -0.15) is 0 Å². The van der Waals surface area contributed by atoms with Crippen molar-refractivity contribution in [2.75, 3.05) is 5.32 Å². The fraction of sp³-hybridized carbons (Fsp3) is 0.364. The minimum absolute atomic E-state index is 0.0708. The number of aliphatic hydroxyl groups excluding tert-OH is 1. The molecule has 0 amide bonds. The molecule has 2 aliphatic rings. The van der Waals surface area contributed by atoms with Crippen LogP contribution in [0.2, 0.25) is 10.0 Å². The van der Waals surface area contributed by atoms with E-state index < -0.39 is 5.92 Å². The summed E-state index contributed by atoms with van der Waals surface area (Å²) in [6.45, 7) is 4.17. The van der Waals surface area contributed by atoms with Gasteiger partial charge in [0.15, 0.2) is 0 Å². The molecule has 2 aromatic carbocycles. The van der Waals surface area contributed by atoms with Crippen LogP contribution in [0, 0.1) is 11.3 Å². The molecule has 0 radical (unpaired) electrons.